The van der Waals surface area contributed by atoms with E-state index in [0.29, 0.717) is 13.1 Å². The van der Waals surface area contributed by atoms with Crippen LogP contribution in [0.5, 0.6) is 0 Å². The Kier molecular flexibility index (Phi) is 4.62. The van der Waals surface area contributed by atoms with Crippen LogP contribution in [0.4, 0.5) is 4.79 Å². The predicted molar refractivity (Wildman–Crippen MR) is 74.2 cm³/mol. The fourth-order valence-electron chi connectivity index (χ4n) is 2.34. The van der Waals surface area contributed by atoms with Crippen molar-refractivity contribution >= 4 is 6.09 Å². The standard InChI is InChI=1S/C15H21NO4/c1-15(2)11-16(8-13(9-17)20-15)14(18)19-10-12-6-4-3-5-7-12/h3-7,13,17H,8-11H2,1-2H3. The molecule has 5 heteroatoms. The summed E-state index contributed by atoms with van der Waals surface area (Å²) in [5.74, 6) is 0. The Labute approximate surface area is 119 Å². The van der Waals surface area contributed by atoms with Gasteiger partial charge in [-0.3, -0.25) is 0 Å². The van der Waals surface area contributed by atoms with Gasteiger partial charge >= 0.3 is 6.09 Å². The maximum Gasteiger partial charge on any atom is 0.410 e. The molecule has 1 fully saturated rings. The third kappa shape index (κ3) is 3.95. The first-order valence-electron chi connectivity index (χ1n) is 6.74. The molecule has 2 rings (SSSR count). The van der Waals surface area contributed by atoms with Crippen LogP contribution in [-0.2, 0) is 16.1 Å². The average Bonchev–Trinajstić information content (AvgIpc) is 2.44. The van der Waals surface area contributed by atoms with Gasteiger partial charge in [0.15, 0.2) is 0 Å². The van der Waals surface area contributed by atoms with Crippen molar-refractivity contribution in [1.82, 2.24) is 4.90 Å². The number of hydrogen-bond donors (Lipinski definition) is 1. The van der Waals surface area contributed by atoms with E-state index < -0.39 is 5.60 Å². The summed E-state index contributed by atoms with van der Waals surface area (Å²) in [6, 6.07) is 9.55. The Bertz CT molecular complexity index is 446. The van der Waals surface area contributed by atoms with Gasteiger partial charge < -0.3 is 19.5 Å². The average molecular weight is 279 g/mol. The van der Waals surface area contributed by atoms with Crippen molar-refractivity contribution < 1.29 is 19.4 Å². The van der Waals surface area contributed by atoms with Gasteiger partial charge in [-0.2, -0.15) is 0 Å². The molecule has 110 valence electrons. The molecule has 1 unspecified atom stereocenters. The molecule has 5 nitrogen and oxygen atoms in total. The Morgan fingerprint density at radius 2 is 2.15 bits per heavy atom. The van der Waals surface area contributed by atoms with Crippen LogP contribution in [0.2, 0.25) is 0 Å². The minimum Gasteiger partial charge on any atom is -0.445 e. The molecule has 0 saturated carbocycles. The molecule has 0 radical (unpaired) electrons. The Morgan fingerprint density at radius 3 is 2.80 bits per heavy atom. The number of amides is 1. The van der Waals surface area contributed by atoms with Crippen molar-refractivity contribution in [2.24, 2.45) is 0 Å². The highest BCUT2D eigenvalue weighted by Gasteiger charge is 2.35. The van der Waals surface area contributed by atoms with E-state index in [1.165, 1.54) is 0 Å². The van der Waals surface area contributed by atoms with E-state index in [-0.39, 0.29) is 25.4 Å². The van der Waals surface area contributed by atoms with Gasteiger partial charge in [0, 0.05) is 0 Å². The minimum absolute atomic E-state index is 0.105. The van der Waals surface area contributed by atoms with Gasteiger partial charge in [-0.25, -0.2) is 4.79 Å². The highest BCUT2D eigenvalue weighted by Crippen LogP contribution is 2.21. The van der Waals surface area contributed by atoms with Gasteiger partial charge in [0.05, 0.1) is 31.4 Å². The summed E-state index contributed by atoms with van der Waals surface area (Å²) in [7, 11) is 0. The molecule has 1 saturated heterocycles. The van der Waals surface area contributed by atoms with Gasteiger partial charge in [0.1, 0.15) is 6.61 Å². The van der Waals surface area contributed by atoms with Crippen molar-refractivity contribution in [2.75, 3.05) is 19.7 Å². The Hall–Kier alpha value is -1.59. The number of hydrogen-bond acceptors (Lipinski definition) is 4. The van der Waals surface area contributed by atoms with E-state index >= 15 is 0 Å². The molecular formula is C15H21NO4. The number of morpholine rings is 1. The molecule has 1 aromatic rings. The van der Waals surface area contributed by atoms with Crippen LogP contribution in [0.3, 0.4) is 0 Å². The smallest absolute Gasteiger partial charge is 0.410 e. The molecule has 0 aliphatic carbocycles. The quantitative estimate of drug-likeness (QED) is 0.916. The molecular weight excluding hydrogens is 258 g/mol. The third-order valence-electron chi connectivity index (χ3n) is 3.15. The molecule has 0 bridgehead atoms. The lowest BCUT2D eigenvalue weighted by Crippen LogP contribution is -2.55. The maximum atomic E-state index is 12.1. The molecule has 1 heterocycles. The Morgan fingerprint density at radius 1 is 1.45 bits per heavy atom. The van der Waals surface area contributed by atoms with Crippen LogP contribution >= 0.6 is 0 Å². The topological polar surface area (TPSA) is 59.0 Å². The summed E-state index contributed by atoms with van der Waals surface area (Å²) in [5.41, 5.74) is 0.476. The highest BCUT2D eigenvalue weighted by atomic mass is 16.6. The van der Waals surface area contributed by atoms with Crippen LogP contribution in [0.25, 0.3) is 0 Å². The Balaban J connectivity index is 1.91. The first-order chi connectivity index (χ1) is 9.50. The lowest BCUT2D eigenvalue weighted by molar-refractivity contribution is -0.143. The molecule has 1 atom stereocenters. The monoisotopic (exact) mass is 279 g/mol. The number of rotatable bonds is 3. The fourth-order valence-corrected chi connectivity index (χ4v) is 2.34. The molecule has 1 N–H and O–H groups in total. The lowest BCUT2D eigenvalue weighted by Gasteiger charge is -2.41. The van der Waals surface area contributed by atoms with Gasteiger partial charge in [0.25, 0.3) is 0 Å². The zero-order valence-electron chi connectivity index (χ0n) is 11.9. The number of carbonyl (C=O) groups is 1. The van der Waals surface area contributed by atoms with Crippen LogP contribution in [0.1, 0.15) is 19.4 Å². The zero-order valence-corrected chi connectivity index (χ0v) is 11.9. The van der Waals surface area contributed by atoms with Gasteiger partial charge in [-0.1, -0.05) is 30.3 Å². The van der Waals surface area contributed by atoms with E-state index in [1.54, 1.807) is 4.90 Å². The summed E-state index contributed by atoms with van der Waals surface area (Å²) in [5, 5.41) is 9.23. The third-order valence-corrected chi connectivity index (χ3v) is 3.15. The van der Waals surface area contributed by atoms with Crippen LogP contribution < -0.4 is 0 Å². The number of aliphatic hydroxyl groups excluding tert-OH is 1. The predicted octanol–water partition coefficient (Wildman–Crippen LogP) is 1.79. The number of aliphatic hydroxyl groups is 1. The summed E-state index contributed by atoms with van der Waals surface area (Å²) in [4.78, 5) is 13.7. The van der Waals surface area contributed by atoms with Crippen molar-refractivity contribution in [3.05, 3.63) is 35.9 Å². The van der Waals surface area contributed by atoms with Crippen molar-refractivity contribution in [2.45, 2.75) is 32.2 Å². The summed E-state index contributed by atoms with van der Waals surface area (Å²) < 4.78 is 11.0. The summed E-state index contributed by atoms with van der Waals surface area (Å²) in [6.45, 7) is 4.75. The lowest BCUT2D eigenvalue weighted by atomic mass is 10.1. The first-order valence-corrected chi connectivity index (χ1v) is 6.74. The maximum absolute atomic E-state index is 12.1. The van der Waals surface area contributed by atoms with Crippen LogP contribution in [-0.4, -0.2) is 47.5 Å². The zero-order chi connectivity index (χ0) is 14.6. The number of benzene rings is 1. The minimum atomic E-state index is -0.475. The number of ether oxygens (including phenoxy) is 2. The molecule has 1 aromatic carbocycles. The molecule has 1 aliphatic heterocycles. The SMILES string of the molecule is CC1(C)CN(C(=O)OCc2ccccc2)CC(CO)O1. The van der Waals surface area contributed by atoms with Crippen molar-refractivity contribution in [3.8, 4) is 0 Å². The summed E-state index contributed by atoms with van der Waals surface area (Å²) >= 11 is 0. The second kappa shape index (κ2) is 6.24. The first kappa shape index (κ1) is 14.8. The number of carbonyl (C=O) groups excluding carboxylic acids is 1. The molecule has 0 aromatic heterocycles. The largest absolute Gasteiger partial charge is 0.445 e. The second-order valence-electron chi connectivity index (χ2n) is 5.60. The van der Waals surface area contributed by atoms with Gasteiger partial charge in [0.2, 0.25) is 0 Å². The fraction of sp³-hybridized carbons (Fsp3) is 0.533. The van der Waals surface area contributed by atoms with Gasteiger partial charge in [-0.15, -0.1) is 0 Å². The second-order valence-corrected chi connectivity index (χ2v) is 5.60. The molecule has 1 amide bonds. The van der Waals surface area contributed by atoms with Crippen LogP contribution in [0, 0.1) is 0 Å². The van der Waals surface area contributed by atoms with E-state index in [4.69, 9.17) is 9.47 Å². The highest BCUT2D eigenvalue weighted by molar-refractivity contribution is 5.68. The van der Waals surface area contributed by atoms with E-state index in [1.807, 2.05) is 44.2 Å². The number of nitrogens with zero attached hydrogens (tertiary/aromatic N) is 1. The van der Waals surface area contributed by atoms with Gasteiger partial charge in [-0.05, 0) is 19.4 Å². The normalized spacial score (nSPS) is 21.6. The summed E-state index contributed by atoms with van der Waals surface area (Å²) in [6.07, 6.45) is -0.730. The van der Waals surface area contributed by atoms with E-state index in [9.17, 15) is 9.90 Å². The van der Waals surface area contributed by atoms with E-state index in [2.05, 4.69) is 0 Å². The van der Waals surface area contributed by atoms with Crippen LogP contribution in [0.15, 0.2) is 30.3 Å². The molecule has 0 spiro atoms. The van der Waals surface area contributed by atoms with Crippen molar-refractivity contribution in [3.63, 3.8) is 0 Å². The van der Waals surface area contributed by atoms with E-state index in [0.717, 1.165) is 5.56 Å². The molecule has 1 aliphatic rings. The van der Waals surface area contributed by atoms with Crippen molar-refractivity contribution in [1.29, 1.82) is 0 Å². The molecule has 20 heavy (non-hydrogen) atoms.